The van der Waals surface area contributed by atoms with E-state index in [0.717, 1.165) is 25.9 Å². The Bertz CT molecular complexity index is 193. The molecule has 1 aliphatic rings. The molecule has 1 aliphatic heterocycles. The molecule has 1 fully saturated rings. The summed E-state index contributed by atoms with van der Waals surface area (Å²) in [5.74, 6) is 0.229. The molecular weight excluding hydrogens is 198 g/mol. The molecule has 3 nitrogen and oxygen atoms in total. The number of aliphatic hydroxyl groups excluding tert-OH is 1. The maximum absolute atomic E-state index is 11.8. The number of rotatable bonds is 4. The van der Waals surface area contributed by atoms with Crippen LogP contribution in [0.15, 0.2) is 0 Å². The Morgan fingerprint density at radius 1 is 1.43 bits per heavy atom. The summed E-state index contributed by atoms with van der Waals surface area (Å²) in [6, 6.07) is 0. The maximum Gasteiger partial charge on any atom is 0.235 e. The van der Waals surface area contributed by atoms with Crippen LogP contribution >= 0.6 is 11.8 Å². The maximum atomic E-state index is 11.8. The number of hydrogen-bond donors (Lipinski definition) is 1. The van der Waals surface area contributed by atoms with Crippen molar-refractivity contribution in [1.82, 2.24) is 4.90 Å². The molecule has 14 heavy (non-hydrogen) atoms. The molecule has 82 valence electrons. The number of nitrogens with zero attached hydrogens (tertiary/aromatic N) is 1. The zero-order valence-corrected chi connectivity index (χ0v) is 9.72. The van der Waals surface area contributed by atoms with E-state index in [1.54, 1.807) is 11.8 Å². The highest BCUT2D eigenvalue weighted by Gasteiger charge is 2.24. The molecule has 0 aliphatic carbocycles. The summed E-state index contributed by atoms with van der Waals surface area (Å²) in [6.07, 6.45) is 2.28. The van der Waals surface area contributed by atoms with E-state index in [2.05, 4.69) is 0 Å². The highest BCUT2D eigenvalue weighted by molar-refractivity contribution is 8.01. The predicted octanol–water partition coefficient (Wildman–Crippen LogP) is 1.11. The first-order valence-electron chi connectivity index (χ1n) is 5.20. The summed E-state index contributed by atoms with van der Waals surface area (Å²) in [5, 5.41) is 9.02. The molecular formula is C10H19NO2S. The molecule has 0 spiro atoms. The van der Waals surface area contributed by atoms with Crippen LogP contribution in [0.5, 0.6) is 0 Å². The largest absolute Gasteiger partial charge is 0.395 e. The zero-order chi connectivity index (χ0) is 10.6. The van der Waals surface area contributed by atoms with Crippen LogP contribution in [0.1, 0.15) is 26.7 Å². The second kappa shape index (κ2) is 5.61. The van der Waals surface area contributed by atoms with E-state index in [-0.39, 0.29) is 23.0 Å². The molecule has 1 saturated heterocycles. The number of thioether (sulfide) groups is 1. The summed E-state index contributed by atoms with van der Waals surface area (Å²) in [7, 11) is 0. The van der Waals surface area contributed by atoms with Crippen molar-refractivity contribution in [1.29, 1.82) is 0 Å². The van der Waals surface area contributed by atoms with Gasteiger partial charge in [-0.1, -0.05) is 6.92 Å². The molecule has 0 saturated carbocycles. The molecule has 0 radical (unpaired) electrons. The van der Waals surface area contributed by atoms with E-state index in [0.29, 0.717) is 0 Å². The lowest BCUT2D eigenvalue weighted by atomic mass is 10.4. The van der Waals surface area contributed by atoms with Gasteiger partial charge >= 0.3 is 0 Å². The molecule has 1 rings (SSSR count). The van der Waals surface area contributed by atoms with E-state index in [1.165, 1.54) is 0 Å². The lowest BCUT2D eigenvalue weighted by molar-refractivity contribution is -0.129. The Morgan fingerprint density at radius 2 is 2.00 bits per heavy atom. The summed E-state index contributed by atoms with van der Waals surface area (Å²) in [6.45, 7) is 5.84. The lowest BCUT2D eigenvalue weighted by Gasteiger charge is -2.21. The predicted molar refractivity (Wildman–Crippen MR) is 59.4 cm³/mol. The van der Waals surface area contributed by atoms with Gasteiger partial charge in [0.2, 0.25) is 5.91 Å². The molecule has 1 N–H and O–H groups in total. The standard InChI is InChI=1S/C10H19NO2S/c1-8(7-12)14-9(2)10(13)11-5-3-4-6-11/h8-9,12H,3-7H2,1-2H3/t8-,9+/m0/s1. The van der Waals surface area contributed by atoms with Crippen molar-refractivity contribution in [3.05, 3.63) is 0 Å². The first-order chi connectivity index (χ1) is 6.65. The first-order valence-corrected chi connectivity index (χ1v) is 6.14. The van der Waals surface area contributed by atoms with Gasteiger partial charge < -0.3 is 10.0 Å². The third-order valence-electron chi connectivity index (χ3n) is 2.46. The van der Waals surface area contributed by atoms with Crippen LogP contribution in [0.3, 0.4) is 0 Å². The van der Waals surface area contributed by atoms with E-state index < -0.39 is 0 Å². The van der Waals surface area contributed by atoms with Crippen molar-refractivity contribution in [3.8, 4) is 0 Å². The van der Waals surface area contributed by atoms with Gasteiger partial charge in [0, 0.05) is 18.3 Å². The van der Waals surface area contributed by atoms with Gasteiger partial charge in [-0.2, -0.15) is 0 Å². The van der Waals surface area contributed by atoms with Crippen molar-refractivity contribution in [2.45, 2.75) is 37.2 Å². The number of hydrogen-bond acceptors (Lipinski definition) is 3. The number of carbonyl (C=O) groups excluding carboxylic acids is 1. The fraction of sp³-hybridized carbons (Fsp3) is 0.900. The Kier molecular flexibility index (Phi) is 4.75. The normalized spacial score (nSPS) is 20.9. The van der Waals surface area contributed by atoms with Crippen LogP contribution in [-0.4, -0.2) is 46.1 Å². The van der Waals surface area contributed by atoms with Crippen LogP contribution in [0.2, 0.25) is 0 Å². The van der Waals surface area contributed by atoms with Gasteiger partial charge in [-0.25, -0.2) is 0 Å². The highest BCUT2D eigenvalue weighted by Crippen LogP contribution is 2.20. The van der Waals surface area contributed by atoms with Gasteiger partial charge in [-0.3, -0.25) is 4.79 Å². The van der Waals surface area contributed by atoms with Crippen molar-refractivity contribution >= 4 is 17.7 Å². The fourth-order valence-electron chi connectivity index (χ4n) is 1.64. The van der Waals surface area contributed by atoms with Crippen LogP contribution in [0.25, 0.3) is 0 Å². The van der Waals surface area contributed by atoms with Gasteiger partial charge in [-0.05, 0) is 19.8 Å². The summed E-state index contributed by atoms with van der Waals surface area (Å²) in [4.78, 5) is 13.8. The monoisotopic (exact) mass is 217 g/mol. The Hall–Kier alpha value is -0.220. The van der Waals surface area contributed by atoms with E-state index in [4.69, 9.17) is 5.11 Å². The molecule has 0 aromatic heterocycles. The van der Waals surface area contributed by atoms with Crippen LogP contribution in [-0.2, 0) is 4.79 Å². The third kappa shape index (κ3) is 3.17. The summed E-state index contributed by atoms with van der Waals surface area (Å²) < 4.78 is 0. The molecule has 0 unspecified atom stereocenters. The minimum Gasteiger partial charge on any atom is -0.395 e. The van der Waals surface area contributed by atoms with Gasteiger partial charge in [-0.15, -0.1) is 11.8 Å². The van der Waals surface area contributed by atoms with Gasteiger partial charge in [0.05, 0.1) is 11.9 Å². The Labute approximate surface area is 89.9 Å². The quantitative estimate of drug-likeness (QED) is 0.767. The van der Waals surface area contributed by atoms with Gasteiger partial charge in [0.1, 0.15) is 0 Å². The summed E-state index contributed by atoms with van der Waals surface area (Å²) in [5.41, 5.74) is 0. The SMILES string of the molecule is C[C@@H](CO)S[C@H](C)C(=O)N1CCCC1. The summed E-state index contributed by atoms with van der Waals surface area (Å²) >= 11 is 1.55. The zero-order valence-electron chi connectivity index (χ0n) is 8.90. The van der Waals surface area contributed by atoms with Crippen molar-refractivity contribution in [2.75, 3.05) is 19.7 Å². The number of likely N-dealkylation sites (tertiary alicyclic amines) is 1. The van der Waals surface area contributed by atoms with Gasteiger partial charge in [0.15, 0.2) is 0 Å². The lowest BCUT2D eigenvalue weighted by Crippen LogP contribution is -2.35. The van der Waals surface area contributed by atoms with E-state index in [1.807, 2.05) is 18.7 Å². The first kappa shape index (κ1) is 11.9. The molecule has 0 bridgehead atoms. The van der Waals surface area contributed by atoms with Crippen LogP contribution < -0.4 is 0 Å². The number of carbonyl (C=O) groups is 1. The van der Waals surface area contributed by atoms with Crippen molar-refractivity contribution < 1.29 is 9.90 Å². The molecule has 0 aromatic carbocycles. The minimum absolute atomic E-state index is 0.0183. The van der Waals surface area contributed by atoms with Crippen LogP contribution in [0, 0.1) is 0 Å². The third-order valence-corrected chi connectivity index (χ3v) is 3.68. The van der Waals surface area contributed by atoms with E-state index in [9.17, 15) is 4.79 Å². The Morgan fingerprint density at radius 3 is 2.50 bits per heavy atom. The minimum atomic E-state index is -0.0183. The van der Waals surface area contributed by atoms with Crippen molar-refractivity contribution in [2.24, 2.45) is 0 Å². The molecule has 4 heteroatoms. The fourth-order valence-corrected chi connectivity index (χ4v) is 2.69. The highest BCUT2D eigenvalue weighted by atomic mass is 32.2. The molecule has 1 amide bonds. The molecule has 0 aromatic rings. The van der Waals surface area contributed by atoms with Crippen molar-refractivity contribution in [3.63, 3.8) is 0 Å². The Balaban J connectivity index is 2.35. The molecule has 1 heterocycles. The average molecular weight is 217 g/mol. The smallest absolute Gasteiger partial charge is 0.235 e. The second-order valence-corrected chi connectivity index (χ2v) is 5.59. The van der Waals surface area contributed by atoms with E-state index >= 15 is 0 Å². The topological polar surface area (TPSA) is 40.5 Å². The number of amides is 1. The second-order valence-electron chi connectivity index (χ2n) is 3.80. The number of aliphatic hydroxyl groups is 1. The van der Waals surface area contributed by atoms with Crippen LogP contribution in [0.4, 0.5) is 0 Å². The molecule has 2 atom stereocenters. The van der Waals surface area contributed by atoms with Gasteiger partial charge in [0.25, 0.3) is 0 Å². The average Bonchev–Trinajstić information content (AvgIpc) is 2.69.